The zero-order valence-electron chi connectivity index (χ0n) is 18.7. The molecule has 0 aliphatic rings. The summed E-state index contributed by atoms with van der Waals surface area (Å²) in [7, 11) is 0. The quantitative estimate of drug-likeness (QED) is 0.348. The molecular weight excluding hydrogens is 388 g/mol. The van der Waals surface area contributed by atoms with Gasteiger partial charge in [0.2, 0.25) is 0 Å². The number of nitrogens with two attached hydrogens (primary N) is 2. The summed E-state index contributed by atoms with van der Waals surface area (Å²) in [4.78, 5) is 0. The maximum absolute atomic E-state index is 5.70. The highest BCUT2D eigenvalue weighted by molar-refractivity contribution is 5.33. The summed E-state index contributed by atoms with van der Waals surface area (Å²) in [6.45, 7) is 1.43. The van der Waals surface area contributed by atoms with Crippen molar-refractivity contribution < 1.29 is 0 Å². The van der Waals surface area contributed by atoms with E-state index in [2.05, 4.69) is 97.1 Å². The van der Waals surface area contributed by atoms with Crippen molar-refractivity contribution in [3.8, 4) is 0 Å². The van der Waals surface area contributed by atoms with E-state index in [4.69, 9.17) is 11.5 Å². The molecule has 0 bridgehead atoms. The molecule has 0 aromatic heterocycles. The van der Waals surface area contributed by atoms with Crippen molar-refractivity contribution in [3.05, 3.63) is 144 Å². The van der Waals surface area contributed by atoms with Gasteiger partial charge < -0.3 is 11.5 Å². The van der Waals surface area contributed by atoms with Gasteiger partial charge in [0.15, 0.2) is 0 Å². The normalized spacial score (nSPS) is 10.6. The highest BCUT2D eigenvalue weighted by atomic mass is 14.5. The fourth-order valence-electron chi connectivity index (χ4n) is 4.13. The SMILES string of the molecule is NCCC(c1ccccc1)c1ccccc1.NCCC(c1ccccc1)c1ccccc1. The van der Waals surface area contributed by atoms with Crippen LogP contribution in [0.2, 0.25) is 0 Å². The second kappa shape index (κ2) is 13.3. The van der Waals surface area contributed by atoms with E-state index in [0.717, 1.165) is 12.8 Å². The highest BCUT2D eigenvalue weighted by Gasteiger charge is 2.13. The molecule has 0 heterocycles. The topological polar surface area (TPSA) is 52.0 Å². The van der Waals surface area contributed by atoms with Crippen LogP contribution in [-0.4, -0.2) is 13.1 Å². The molecule has 0 spiro atoms. The van der Waals surface area contributed by atoms with E-state index in [1.54, 1.807) is 0 Å². The third-order valence-corrected chi connectivity index (χ3v) is 5.72. The molecular formula is C30H34N2. The average molecular weight is 423 g/mol. The van der Waals surface area contributed by atoms with E-state index < -0.39 is 0 Å². The molecule has 0 unspecified atom stereocenters. The first-order chi connectivity index (χ1) is 15.8. The molecule has 0 radical (unpaired) electrons. The minimum Gasteiger partial charge on any atom is -0.330 e. The Hall–Kier alpha value is -3.20. The summed E-state index contributed by atoms with van der Waals surface area (Å²) in [5.74, 6) is 0.847. The van der Waals surface area contributed by atoms with Crippen LogP contribution in [0, 0.1) is 0 Å². The van der Waals surface area contributed by atoms with Gasteiger partial charge in [0.05, 0.1) is 0 Å². The lowest BCUT2D eigenvalue weighted by atomic mass is 9.89. The summed E-state index contributed by atoms with van der Waals surface area (Å²) in [6.07, 6.45) is 1.99. The monoisotopic (exact) mass is 422 g/mol. The van der Waals surface area contributed by atoms with Crippen molar-refractivity contribution in [2.24, 2.45) is 11.5 Å². The number of hydrogen-bond donors (Lipinski definition) is 2. The molecule has 0 fully saturated rings. The number of hydrogen-bond acceptors (Lipinski definition) is 2. The van der Waals surface area contributed by atoms with E-state index in [1.165, 1.54) is 22.3 Å². The molecule has 0 aliphatic heterocycles. The Labute approximate surface area is 192 Å². The maximum atomic E-state index is 5.70. The van der Waals surface area contributed by atoms with Gasteiger partial charge in [-0.05, 0) is 48.2 Å². The van der Waals surface area contributed by atoms with Crippen molar-refractivity contribution in [2.75, 3.05) is 13.1 Å². The third kappa shape index (κ3) is 6.91. The van der Waals surface area contributed by atoms with Gasteiger partial charge in [0, 0.05) is 11.8 Å². The summed E-state index contributed by atoms with van der Waals surface area (Å²) in [5, 5.41) is 0. The van der Waals surface area contributed by atoms with Gasteiger partial charge in [-0.3, -0.25) is 0 Å². The molecule has 4 aromatic rings. The minimum atomic E-state index is 0.424. The van der Waals surface area contributed by atoms with Crippen LogP contribution in [0.4, 0.5) is 0 Å². The molecule has 2 nitrogen and oxygen atoms in total. The van der Waals surface area contributed by atoms with Crippen LogP contribution in [0.3, 0.4) is 0 Å². The molecule has 0 amide bonds. The van der Waals surface area contributed by atoms with E-state index in [0.29, 0.717) is 24.9 Å². The lowest BCUT2D eigenvalue weighted by molar-refractivity contribution is 0.726. The Balaban J connectivity index is 0.000000181. The lowest BCUT2D eigenvalue weighted by Crippen LogP contribution is -2.08. The lowest BCUT2D eigenvalue weighted by Gasteiger charge is -2.16. The molecule has 4 N–H and O–H groups in total. The molecule has 0 saturated carbocycles. The van der Waals surface area contributed by atoms with Crippen molar-refractivity contribution in [2.45, 2.75) is 24.7 Å². The van der Waals surface area contributed by atoms with Gasteiger partial charge in [0.1, 0.15) is 0 Å². The zero-order chi connectivity index (χ0) is 22.4. The second-order valence-corrected chi connectivity index (χ2v) is 7.90. The summed E-state index contributed by atoms with van der Waals surface area (Å²) < 4.78 is 0. The smallest absolute Gasteiger partial charge is 0.0101 e. The second-order valence-electron chi connectivity index (χ2n) is 7.90. The van der Waals surface area contributed by atoms with Crippen LogP contribution in [0.1, 0.15) is 46.9 Å². The van der Waals surface area contributed by atoms with Crippen LogP contribution in [0.25, 0.3) is 0 Å². The molecule has 164 valence electrons. The molecule has 0 atom stereocenters. The fourth-order valence-corrected chi connectivity index (χ4v) is 4.13. The van der Waals surface area contributed by atoms with Crippen molar-refractivity contribution in [3.63, 3.8) is 0 Å². The van der Waals surface area contributed by atoms with Gasteiger partial charge in [0.25, 0.3) is 0 Å². The van der Waals surface area contributed by atoms with E-state index >= 15 is 0 Å². The number of rotatable bonds is 8. The Morgan fingerprint density at radius 2 is 0.594 bits per heavy atom. The van der Waals surface area contributed by atoms with Gasteiger partial charge in [-0.25, -0.2) is 0 Å². The van der Waals surface area contributed by atoms with Crippen LogP contribution >= 0.6 is 0 Å². The van der Waals surface area contributed by atoms with Crippen LogP contribution in [-0.2, 0) is 0 Å². The Bertz CT molecular complexity index is 822. The Morgan fingerprint density at radius 1 is 0.375 bits per heavy atom. The van der Waals surface area contributed by atoms with Gasteiger partial charge in [-0.1, -0.05) is 121 Å². The van der Waals surface area contributed by atoms with Gasteiger partial charge in [-0.15, -0.1) is 0 Å². The maximum Gasteiger partial charge on any atom is 0.0101 e. The largest absolute Gasteiger partial charge is 0.330 e. The molecule has 4 rings (SSSR count). The summed E-state index contributed by atoms with van der Waals surface area (Å²) >= 11 is 0. The summed E-state index contributed by atoms with van der Waals surface area (Å²) in [5.41, 5.74) is 16.8. The van der Waals surface area contributed by atoms with Crippen LogP contribution in [0.15, 0.2) is 121 Å². The minimum absolute atomic E-state index is 0.424. The average Bonchev–Trinajstić information content (AvgIpc) is 2.88. The van der Waals surface area contributed by atoms with Crippen molar-refractivity contribution >= 4 is 0 Å². The first-order valence-corrected chi connectivity index (χ1v) is 11.4. The Morgan fingerprint density at radius 3 is 0.781 bits per heavy atom. The predicted octanol–water partition coefficient (Wildman–Crippen LogP) is 6.33. The van der Waals surface area contributed by atoms with Crippen LogP contribution < -0.4 is 11.5 Å². The first kappa shape index (κ1) is 23.5. The highest BCUT2D eigenvalue weighted by Crippen LogP contribution is 2.28. The zero-order valence-corrected chi connectivity index (χ0v) is 18.7. The third-order valence-electron chi connectivity index (χ3n) is 5.72. The van der Waals surface area contributed by atoms with E-state index in [1.807, 2.05) is 24.3 Å². The van der Waals surface area contributed by atoms with Gasteiger partial charge >= 0.3 is 0 Å². The molecule has 0 saturated heterocycles. The first-order valence-electron chi connectivity index (χ1n) is 11.4. The van der Waals surface area contributed by atoms with Crippen molar-refractivity contribution in [1.29, 1.82) is 0 Å². The molecule has 2 heteroatoms. The molecule has 32 heavy (non-hydrogen) atoms. The van der Waals surface area contributed by atoms with E-state index in [9.17, 15) is 0 Å². The van der Waals surface area contributed by atoms with Crippen molar-refractivity contribution in [1.82, 2.24) is 0 Å². The standard InChI is InChI=1S/2C15H17N/c2*16-12-11-15(13-7-3-1-4-8-13)14-9-5-2-6-10-14/h2*1-10,15H,11-12,16H2. The van der Waals surface area contributed by atoms with E-state index in [-0.39, 0.29) is 0 Å². The molecule has 4 aromatic carbocycles. The molecule has 0 aliphatic carbocycles. The number of benzene rings is 4. The van der Waals surface area contributed by atoms with Crippen LogP contribution in [0.5, 0.6) is 0 Å². The Kier molecular flexibility index (Phi) is 9.72. The van der Waals surface area contributed by atoms with Gasteiger partial charge in [-0.2, -0.15) is 0 Å². The summed E-state index contributed by atoms with van der Waals surface area (Å²) in [6, 6.07) is 42.3. The fraction of sp³-hybridized carbons (Fsp3) is 0.200. The predicted molar refractivity (Wildman–Crippen MR) is 137 cm³/mol.